The molecule has 0 saturated carbocycles. The highest BCUT2D eigenvalue weighted by atomic mass is 32.1. The van der Waals surface area contributed by atoms with Gasteiger partial charge < -0.3 is 9.47 Å². The Morgan fingerprint density at radius 2 is 1.83 bits per heavy atom. The van der Waals surface area contributed by atoms with E-state index in [2.05, 4.69) is 10.6 Å². The molecule has 148 valence electrons. The van der Waals surface area contributed by atoms with Crippen molar-refractivity contribution < 1.29 is 23.9 Å². The standard InChI is InChI=1S/C21H18N2O5S/c1-12(24)14-5-3-4-13(8-14)11-28-16-7-6-15(18(10-16)27-2)9-17-19(25)22-21(29)23-20(17)26/h3-10H,11H2,1-2H3,(H2,22,23,25,26,29). The summed E-state index contributed by atoms with van der Waals surface area (Å²) in [5, 5.41) is 4.74. The SMILES string of the molecule is COc1cc(OCc2cccc(C(C)=O)c2)ccc1C=C1C(=O)NC(=S)NC1=O. The monoisotopic (exact) mass is 410 g/mol. The number of methoxy groups -OCH3 is 1. The van der Waals surface area contributed by atoms with Crippen LogP contribution < -0.4 is 20.1 Å². The van der Waals surface area contributed by atoms with Crippen LogP contribution in [0.2, 0.25) is 0 Å². The van der Waals surface area contributed by atoms with Crippen molar-refractivity contribution in [2.24, 2.45) is 0 Å². The molecule has 3 rings (SSSR count). The Morgan fingerprint density at radius 3 is 2.48 bits per heavy atom. The van der Waals surface area contributed by atoms with E-state index < -0.39 is 11.8 Å². The zero-order valence-corrected chi connectivity index (χ0v) is 16.6. The molecule has 1 fully saturated rings. The van der Waals surface area contributed by atoms with Crippen LogP contribution in [-0.4, -0.2) is 29.8 Å². The van der Waals surface area contributed by atoms with Crippen LogP contribution >= 0.6 is 12.2 Å². The smallest absolute Gasteiger partial charge is 0.263 e. The molecule has 0 atom stereocenters. The molecule has 2 N–H and O–H groups in total. The molecule has 29 heavy (non-hydrogen) atoms. The van der Waals surface area contributed by atoms with E-state index in [1.54, 1.807) is 36.4 Å². The topological polar surface area (TPSA) is 93.7 Å². The third-order valence-corrected chi connectivity index (χ3v) is 4.39. The van der Waals surface area contributed by atoms with E-state index in [0.29, 0.717) is 22.6 Å². The van der Waals surface area contributed by atoms with Gasteiger partial charge in [0, 0.05) is 17.2 Å². The van der Waals surface area contributed by atoms with Crippen LogP contribution in [-0.2, 0) is 16.2 Å². The van der Waals surface area contributed by atoms with Gasteiger partial charge in [-0.25, -0.2) is 0 Å². The number of thiocarbonyl (C=S) groups is 1. The fourth-order valence-corrected chi connectivity index (χ4v) is 2.89. The fourth-order valence-electron chi connectivity index (χ4n) is 2.71. The molecule has 2 aromatic rings. The number of ketones is 1. The number of carbonyl (C=O) groups is 3. The van der Waals surface area contributed by atoms with Gasteiger partial charge in [-0.2, -0.15) is 0 Å². The maximum absolute atomic E-state index is 12.0. The Hall–Kier alpha value is -3.52. The molecule has 1 saturated heterocycles. The lowest BCUT2D eigenvalue weighted by Gasteiger charge is -2.17. The normalized spacial score (nSPS) is 13.4. The van der Waals surface area contributed by atoms with Crippen LogP contribution in [0.15, 0.2) is 48.0 Å². The van der Waals surface area contributed by atoms with Gasteiger partial charge in [0.25, 0.3) is 11.8 Å². The Kier molecular flexibility index (Phi) is 6.04. The minimum atomic E-state index is -0.577. The van der Waals surface area contributed by atoms with Gasteiger partial charge in [-0.15, -0.1) is 0 Å². The van der Waals surface area contributed by atoms with Gasteiger partial charge in [0.1, 0.15) is 23.7 Å². The van der Waals surface area contributed by atoms with Gasteiger partial charge in [-0.3, -0.25) is 25.0 Å². The summed E-state index contributed by atoms with van der Waals surface area (Å²) in [5.41, 5.74) is 1.93. The van der Waals surface area contributed by atoms with E-state index >= 15 is 0 Å². The van der Waals surface area contributed by atoms with Crippen LogP contribution in [0.3, 0.4) is 0 Å². The van der Waals surface area contributed by atoms with Crippen LogP contribution in [0.1, 0.15) is 28.4 Å². The average Bonchev–Trinajstić information content (AvgIpc) is 2.69. The molecule has 0 radical (unpaired) electrons. The minimum absolute atomic E-state index is 0.0116. The Morgan fingerprint density at radius 1 is 1.10 bits per heavy atom. The number of ether oxygens (including phenoxy) is 2. The molecule has 1 aliphatic heterocycles. The first-order valence-corrected chi connectivity index (χ1v) is 9.07. The predicted octanol–water partition coefficient (Wildman–Crippen LogP) is 2.39. The third-order valence-electron chi connectivity index (χ3n) is 4.19. The molecule has 2 amide bonds. The number of benzene rings is 2. The number of Topliss-reactive ketones (excluding diaryl/α,β-unsaturated/α-hetero) is 1. The van der Waals surface area contributed by atoms with Crippen molar-refractivity contribution in [2.75, 3.05) is 7.11 Å². The van der Waals surface area contributed by atoms with Gasteiger partial charge in [-0.05, 0) is 49.0 Å². The van der Waals surface area contributed by atoms with Crippen LogP contribution in [0.4, 0.5) is 0 Å². The highest BCUT2D eigenvalue weighted by Gasteiger charge is 2.26. The summed E-state index contributed by atoms with van der Waals surface area (Å²) in [5.74, 6) is -0.197. The van der Waals surface area contributed by atoms with Crippen molar-refractivity contribution in [3.63, 3.8) is 0 Å². The van der Waals surface area contributed by atoms with Gasteiger partial charge in [0.2, 0.25) is 0 Å². The zero-order chi connectivity index (χ0) is 21.0. The number of amides is 2. The van der Waals surface area contributed by atoms with Crippen LogP contribution in [0, 0.1) is 0 Å². The molecule has 1 heterocycles. The lowest BCUT2D eigenvalue weighted by molar-refractivity contribution is -0.123. The maximum atomic E-state index is 12.0. The van der Waals surface area contributed by atoms with E-state index in [9.17, 15) is 14.4 Å². The van der Waals surface area contributed by atoms with Gasteiger partial charge in [-0.1, -0.05) is 18.2 Å². The predicted molar refractivity (Wildman–Crippen MR) is 111 cm³/mol. The van der Waals surface area contributed by atoms with E-state index in [1.807, 2.05) is 6.07 Å². The Balaban J connectivity index is 1.79. The number of rotatable bonds is 6. The molecule has 0 unspecified atom stereocenters. The molecule has 0 spiro atoms. The van der Waals surface area contributed by atoms with Crippen molar-refractivity contribution in [3.05, 3.63) is 64.7 Å². The van der Waals surface area contributed by atoms with E-state index in [4.69, 9.17) is 21.7 Å². The molecular weight excluding hydrogens is 392 g/mol. The van der Waals surface area contributed by atoms with Crippen molar-refractivity contribution >= 4 is 41.0 Å². The first-order valence-electron chi connectivity index (χ1n) is 8.66. The van der Waals surface area contributed by atoms with Crippen molar-refractivity contribution in [3.8, 4) is 11.5 Å². The second kappa shape index (κ2) is 8.66. The van der Waals surface area contributed by atoms with Gasteiger partial charge >= 0.3 is 0 Å². The Bertz CT molecular complexity index is 1020. The molecule has 7 nitrogen and oxygen atoms in total. The second-order valence-corrected chi connectivity index (χ2v) is 6.65. The fraction of sp³-hybridized carbons (Fsp3) is 0.143. The summed E-state index contributed by atoms with van der Waals surface area (Å²) >= 11 is 4.78. The van der Waals surface area contributed by atoms with Crippen molar-refractivity contribution in [1.82, 2.24) is 10.6 Å². The maximum Gasteiger partial charge on any atom is 0.263 e. The quantitative estimate of drug-likeness (QED) is 0.329. The van der Waals surface area contributed by atoms with E-state index in [1.165, 1.54) is 20.1 Å². The van der Waals surface area contributed by atoms with Gasteiger partial charge in [0.15, 0.2) is 10.9 Å². The lowest BCUT2D eigenvalue weighted by Crippen LogP contribution is -2.51. The highest BCUT2D eigenvalue weighted by Crippen LogP contribution is 2.27. The van der Waals surface area contributed by atoms with Crippen molar-refractivity contribution in [1.29, 1.82) is 0 Å². The van der Waals surface area contributed by atoms with Crippen LogP contribution in [0.25, 0.3) is 6.08 Å². The van der Waals surface area contributed by atoms with Crippen molar-refractivity contribution in [2.45, 2.75) is 13.5 Å². The van der Waals surface area contributed by atoms with E-state index in [-0.39, 0.29) is 23.1 Å². The summed E-state index contributed by atoms with van der Waals surface area (Å²) in [6.07, 6.45) is 1.42. The molecule has 1 aliphatic rings. The number of nitrogens with one attached hydrogen (secondary N) is 2. The first kappa shape index (κ1) is 20.2. The molecular formula is C21H18N2O5S. The largest absolute Gasteiger partial charge is 0.496 e. The number of carbonyl (C=O) groups excluding carboxylic acids is 3. The Labute approximate surface area is 172 Å². The molecule has 8 heteroatoms. The third kappa shape index (κ3) is 4.85. The minimum Gasteiger partial charge on any atom is -0.496 e. The summed E-state index contributed by atoms with van der Waals surface area (Å²) in [6, 6.07) is 12.2. The first-order chi connectivity index (χ1) is 13.9. The molecule has 0 aromatic heterocycles. The molecule has 0 bridgehead atoms. The van der Waals surface area contributed by atoms with Crippen LogP contribution in [0.5, 0.6) is 11.5 Å². The summed E-state index contributed by atoms with van der Waals surface area (Å²) in [6.45, 7) is 1.78. The zero-order valence-electron chi connectivity index (χ0n) is 15.8. The summed E-state index contributed by atoms with van der Waals surface area (Å²) in [4.78, 5) is 35.5. The number of hydrogen-bond acceptors (Lipinski definition) is 6. The lowest BCUT2D eigenvalue weighted by atomic mass is 10.1. The summed E-state index contributed by atoms with van der Waals surface area (Å²) < 4.78 is 11.1. The average molecular weight is 410 g/mol. The molecule has 2 aromatic carbocycles. The second-order valence-electron chi connectivity index (χ2n) is 6.24. The molecule has 0 aliphatic carbocycles. The number of hydrogen-bond donors (Lipinski definition) is 2. The van der Waals surface area contributed by atoms with Gasteiger partial charge in [0.05, 0.1) is 7.11 Å². The highest BCUT2D eigenvalue weighted by molar-refractivity contribution is 7.80. The summed E-state index contributed by atoms with van der Waals surface area (Å²) in [7, 11) is 1.48. The van der Waals surface area contributed by atoms with E-state index in [0.717, 1.165) is 5.56 Å².